The molecule has 3 nitrogen and oxygen atoms in total. The molecular formula is C14H16O3S. The van der Waals surface area contributed by atoms with Crippen molar-refractivity contribution < 1.29 is 12.6 Å². The third-order valence-electron chi connectivity index (χ3n) is 5.10. The van der Waals surface area contributed by atoms with Gasteiger partial charge in [0.25, 0.3) is 10.1 Å². The van der Waals surface area contributed by atoms with E-state index in [0.29, 0.717) is 12.5 Å². The summed E-state index contributed by atoms with van der Waals surface area (Å²) in [7, 11) is -3.56. The van der Waals surface area contributed by atoms with Crippen molar-refractivity contribution in [1.82, 2.24) is 0 Å². The second-order valence-corrected chi connectivity index (χ2v) is 7.47. The molecule has 0 spiro atoms. The van der Waals surface area contributed by atoms with E-state index in [0.717, 1.165) is 23.7 Å². The van der Waals surface area contributed by atoms with Gasteiger partial charge in [0.05, 0.1) is 11.5 Å². The molecule has 4 bridgehead atoms. The Labute approximate surface area is 107 Å². The largest absolute Gasteiger partial charge is 0.296 e. The van der Waals surface area contributed by atoms with E-state index >= 15 is 0 Å². The molecule has 0 heterocycles. The molecule has 1 aromatic rings. The minimum absolute atomic E-state index is 0.266. The molecule has 0 unspecified atom stereocenters. The number of rotatable bonds is 4. The molecule has 0 aromatic heterocycles. The summed E-state index contributed by atoms with van der Waals surface area (Å²) < 4.78 is 29.3. The van der Waals surface area contributed by atoms with Crippen molar-refractivity contribution in [2.75, 3.05) is 6.61 Å². The van der Waals surface area contributed by atoms with Crippen LogP contribution < -0.4 is 0 Å². The van der Waals surface area contributed by atoms with Crippen LogP contribution in [0, 0.1) is 29.6 Å². The molecule has 4 fully saturated rings. The second kappa shape index (κ2) is 3.58. The minimum atomic E-state index is -3.56. The topological polar surface area (TPSA) is 43.4 Å². The van der Waals surface area contributed by atoms with Crippen LogP contribution in [0.25, 0.3) is 0 Å². The van der Waals surface area contributed by atoms with Gasteiger partial charge in [0, 0.05) is 0 Å². The zero-order valence-electron chi connectivity index (χ0n) is 10.0. The summed E-state index contributed by atoms with van der Waals surface area (Å²) in [4.78, 5) is 0.266. The Hall–Kier alpha value is -0.870. The molecule has 0 amide bonds. The van der Waals surface area contributed by atoms with Crippen LogP contribution in [-0.4, -0.2) is 15.0 Å². The molecule has 0 N–H and O–H groups in total. The number of hydrogen-bond acceptors (Lipinski definition) is 3. The lowest BCUT2D eigenvalue weighted by Crippen LogP contribution is -2.17. The highest BCUT2D eigenvalue weighted by molar-refractivity contribution is 7.86. The van der Waals surface area contributed by atoms with E-state index < -0.39 is 10.1 Å². The van der Waals surface area contributed by atoms with Crippen LogP contribution in [-0.2, 0) is 14.3 Å². The van der Waals surface area contributed by atoms with Gasteiger partial charge in [-0.05, 0) is 54.6 Å². The maximum absolute atomic E-state index is 12.0. The molecular weight excluding hydrogens is 248 g/mol. The third-order valence-corrected chi connectivity index (χ3v) is 6.39. The fraction of sp³-hybridized carbons (Fsp3) is 0.571. The zero-order chi connectivity index (χ0) is 12.3. The van der Waals surface area contributed by atoms with Crippen molar-refractivity contribution >= 4 is 10.1 Å². The van der Waals surface area contributed by atoms with Crippen molar-refractivity contribution in [2.45, 2.75) is 17.7 Å². The van der Waals surface area contributed by atoms with E-state index in [-0.39, 0.29) is 4.90 Å². The highest BCUT2D eigenvalue weighted by Gasteiger charge is 2.68. The molecule has 4 aliphatic carbocycles. The van der Waals surface area contributed by atoms with Gasteiger partial charge in [0.1, 0.15) is 0 Å². The first-order chi connectivity index (χ1) is 8.67. The smallest absolute Gasteiger partial charge is 0.266 e. The first kappa shape index (κ1) is 11.0. The van der Waals surface area contributed by atoms with E-state index in [1.54, 1.807) is 30.3 Å². The predicted octanol–water partition coefficient (Wildman–Crippen LogP) is 2.29. The maximum Gasteiger partial charge on any atom is 0.296 e. The monoisotopic (exact) mass is 264 g/mol. The average molecular weight is 264 g/mol. The summed E-state index contributed by atoms with van der Waals surface area (Å²) >= 11 is 0. The first-order valence-electron chi connectivity index (χ1n) is 6.61. The van der Waals surface area contributed by atoms with Crippen molar-refractivity contribution in [2.24, 2.45) is 29.6 Å². The summed E-state index contributed by atoms with van der Waals surface area (Å²) in [5.74, 6) is 3.82. The maximum atomic E-state index is 12.0. The lowest BCUT2D eigenvalue weighted by molar-refractivity contribution is 0.223. The van der Waals surface area contributed by atoms with Crippen molar-refractivity contribution in [3.63, 3.8) is 0 Å². The lowest BCUT2D eigenvalue weighted by atomic mass is 10.00. The lowest BCUT2D eigenvalue weighted by Gasteiger charge is -2.14. The van der Waals surface area contributed by atoms with Gasteiger partial charge in [-0.3, -0.25) is 4.18 Å². The SMILES string of the molecule is O=S(=O)(OC[C@@H]1C2C[C@H]3C1[C@@H]3C2)c1ccccc1. The number of benzene rings is 1. The van der Waals surface area contributed by atoms with Crippen LogP contribution in [0.3, 0.4) is 0 Å². The van der Waals surface area contributed by atoms with E-state index in [2.05, 4.69) is 0 Å². The van der Waals surface area contributed by atoms with Gasteiger partial charge in [0.2, 0.25) is 0 Å². The zero-order valence-corrected chi connectivity index (χ0v) is 10.8. The Morgan fingerprint density at radius 1 is 1.11 bits per heavy atom. The molecule has 4 heteroatoms. The fourth-order valence-corrected chi connectivity index (χ4v) is 5.27. The van der Waals surface area contributed by atoms with E-state index in [4.69, 9.17) is 4.18 Å². The summed E-state index contributed by atoms with van der Waals surface area (Å²) in [6, 6.07) is 8.42. The predicted molar refractivity (Wildman–Crippen MR) is 66.3 cm³/mol. The Morgan fingerprint density at radius 2 is 1.78 bits per heavy atom. The molecule has 0 radical (unpaired) electrons. The standard InChI is InChI=1S/C14H16O3S/c15-18(16,10-4-2-1-3-5-10)17-8-13-9-6-11-12(7-9)14(11)13/h1-5,9,11-14H,6-8H2/t9?,11-,12-,13-,14?/m1/s1. The molecule has 4 saturated carbocycles. The number of hydrogen-bond donors (Lipinski definition) is 0. The van der Waals surface area contributed by atoms with Gasteiger partial charge in [-0.25, -0.2) is 0 Å². The second-order valence-electron chi connectivity index (χ2n) is 5.85. The molecule has 0 saturated heterocycles. The highest BCUT2D eigenvalue weighted by atomic mass is 32.2. The van der Waals surface area contributed by atoms with Crippen molar-refractivity contribution in [1.29, 1.82) is 0 Å². The van der Waals surface area contributed by atoms with Crippen LogP contribution in [0.5, 0.6) is 0 Å². The normalized spacial score (nSPS) is 40.1. The summed E-state index contributed by atoms with van der Waals surface area (Å²) in [5.41, 5.74) is 0. The van der Waals surface area contributed by atoms with Crippen LogP contribution >= 0.6 is 0 Å². The molecule has 4 aliphatic rings. The van der Waals surface area contributed by atoms with Crippen LogP contribution in [0.1, 0.15) is 12.8 Å². The average Bonchev–Trinajstić information content (AvgIpc) is 2.78. The van der Waals surface area contributed by atoms with Gasteiger partial charge in [0.15, 0.2) is 0 Å². The van der Waals surface area contributed by atoms with E-state index in [1.807, 2.05) is 0 Å². The fourth-order valence-electron chi connectivity index (χ4n) is 4.30. The Morgan fingerprint density at radius 3 is 2.33 bits per heavy atom. The van der Waals surface area contributed by atoms with Gasteiger partial charge < -0.3 is 0 Å². The molecule has 3 atom stereocenters. The Bertz CT molecular complexity index is 552. The molecule has 5 rings (SSSR count). The quantitative estimate of drug-likeness (QED) is 0.784. The van der Waals surface area contributed by atoms with Crippen molar-refractivity contribution in [3.05, 3.63) is 30.3 Å². The van der Waals surface area contributed by atoms with Gasteiger partial charge in [-0.2, -0.15) is 8.42 Å². The van der Waals surface area contributed by atoms with Crippen molar-refractivity contribution in [3.8, 4) is 0 Å². The summed E-state index contributed by atoms with van der Waals surface area (Å²) in [5, 5.41) is 0. The molecule has 18 heavy (non-hydrogen) atoms. The Kier molecular flexibility index (Phi) is 2.19. The van der Waals surface area contributed by atoms with Gasteiger partial charge >= 0.3 is 0 Å². The van der Waals surface area contributed by atoms with E-state index in [9.17, 15) is 8.42 Å². The van der Waals surface area contributed by atoms with Crippen LogP contribution in [0.2, 0.25) is 0 Å². The van der Waals surface area contributed by atoms with Gasteiger partial charge in [-0.1, -0.05) is 18.2 Å². The summed E-state index contributed by atoms with van der Waals surface area (Å²) in [6.45, 7) is 0.388. The first-order valence-corrected chi connectivity index (χ1v) is 8.02. The van der Waals surface area contributed by atoms with Crippen LogP contribution in [0.15, 0.2) is 35.2 Å². The molecule has 96 valence electrons. The minimum Gasteiger partial charge on any atom is -0.266 e. The van der Waals surface area contributed by atoms with Crippen LogP contribution in [0.4, 0.5) is 0 Å². The summed E-state index contributed by atoms with van der Waals surface area (Å²) in [6.07, 6.45) is 2.63. The molecule has 0 aliphatic heterocycles. The third kappa shape index (κ3) is 1.48. The van der Waals surface area contributed by atoms with E-state index in [1.165, 1.54) is 12.8 Å². The highest BCUT2D eigenvalue weighted by Crippen LogP contribution is 2.73. The Balaban J connectivity index is 1.46. The van der Waals surface area contributed by atoms with Gasteiger partial charge in [-0.15, -0.1) is 0 Å². The molecule has 1 aromatic carbocycles.